The maximum absolute atomic E-state index is 12.0. The van der Waals surface area contributed by atoms with Gasteiger partial charge in [0.1, 0.15) is 5.69 Å². The van der Waals surface area contributed by atoms with E-state index >= 15 is 0 Å². The van der Waals surface area contributed by atoms with Gasteiger partial charge in [0.25, 0.3) is 0 Å². The molecule has 0 amide bonds. The van der Waals surface area contributed by atoms with Crippen LogP contribution >= 0.6 is 0 Å². The lowest BCUT2D eigenvalue weighted by molar-refractivity contribution is 0.0987. The molecule has 2 rings (SSSR count). The Bertz CT molecular complexity index is 551. The van der Waals surface area contributed by atoms with Crippen LogP contribution < -0.4 is 0 Å². The highest BCUT2D eigenvalue weighted by atomic mass is 16.1. The monoisotopic (exact) mass is 260 g/mol. The number of hydrogen-bond donors (Lipinski definition) is 0. The third kappa shape index (κ3) is 3.10. The number of rotatable bonds is 6. The van der Waals surface area contributed by atoms with E-state index < -0.39 is 0 Å². The zero-order chi connectivity index (χ0) is 13.8. The SMILES string of the molecule is CCC(CC)n1ccc(CC(=O)c2cn(C)cn2)n1. The van der Waals surface area contributed by atoms with Crippen molar-refractivity contribution in [2.75, 3.05) is 0 Å². The second-order valence-corrected chi connectivity index (χ2v) is 4.78. The largest absolute Gasteiger partial charge is 0.340 e. The van der Waals surface area contributed by atoms with Crippen LogP contribution in [-0.2, 0) is 13.5 Å². The van der Waals surface area contributed by atoms with Crippen LogP contribution in [0.4, 0.5) is 0 Å². The van der Waals surface area contributed by atoms with Crippen molar-refractivity contribution in [3.63, 3.8) is 0 Å². The summed E-state index contributed by atoms with van der Waals surface area (Å²) in [5.41, 5.74) is 1.31. The van der Waals surface area contributed by atoms with Gasteiger partial charge in [-0.1, -0.05) is 13.8 Å². The molecule has 0 aliphatic rings. The van der Waals surface area contributed by atoms with Crippen LogP contribution in [-0.4, -0.2) is 25.1 Å². The molecule has 2 aromatic heterocycles. The molecule has 0 fully saturated rings. The van der Waals surface area contributed by atoms with Gasteiger partial charge in [-0.15, -0.1) is 0 Å². The van der Waals surface area contributed by atoms with E-state index in [0.29, 0.717) is 18.2 Å². The Hall–Kier alpha value is -1.91. The predicted molar refractivity (Wildman–Crippen MR) is 73.1 cm³/mol. The van der Waals surface area contributed by atoms with Crippen molar-refractivity contribution in [2.24, 2.45) is 7.05 Å². The number of imidazole rings is 1. The van der Waals surface area contributed by atoms with Gasteiger partial charge < -0.3 is 4.57 Å². The Kier molecular flexibility index (Phi) is 4.14. The summed E-state index contributed by atoms with van der Waals surface area (Å²) in [7, 11) is 1.85. The maximum atomic E-state index is 12.0. The second kappa shape index (κ2) is 5.82. The van der Waals surface area contributed by atoms with Crippen LogP contribution in [0, 0.1) is 0 Å². The van der Waals surface area contributed by atoms with E-state index in [1.807, 2.05) is 24.0 Å². The van der Waals surface area contributed by atoms with Crippen LogP contribution in [0.1, 0.15) is 48.9 Å². The molecular weight excluding hydrogens is 240 g/mol. The van der Waals surface area contributed by atoms with Crippen LogP contribution in [0.3, 0.4) is 0 Å². The standard InChI is InChI=1S/C14H20N4O/c1-4-12(5-2)18-7-6-11(16-18)8-14(19)13-9-17(3)10-15-13/h6-7,9-10,12H,4-5,8H2,1-3H3. The van der Waals surface area contributed by atoms with Gasteiger partial charge in [0.15, 0.2) is 5.78 Å². The van der Waals surface area contributed by atoms with Gasteiger partial charge in [-0.3, -0.25) is 9.48 Å². The first-order chi connectivity index (χ1) is 9.13. The van der Waals surface area contributed by atoms with E-state index in [2.05, 4.69) is 23.9 Å². The topological polar surface area (TPSA) is 52.7 Å². The Morgan fingerprint density at radius 2 is 2.11 bits per heavy atom. The zero-order valence-electron chi connectivity index (χ0n) is 11.7. The van der Waals surface area contributed by atoms with Gasteiger partial charge in [-0.05, 0) is 18.9 Å². The van der Waals surface area contributed by atoms with E-state index in [4.69, 9.17) is 0 Å². The van der Waals surface area contributed by atoms with Gasteiger partial charge in [0, 0.05) is 19.4 Å². The molecule has 0 saturated heterocycles. The molecular formula is C14H20N4O. The van der Waals surface area contributed by atoms with Crippen molar-refractivity contribution in [2.45, 2.75) is 39.2 Å². The third-order valence-electron chi connectivity index (χ3n) is 3.31. The van der Waals surface area contributed by atoms with E-state index in [-0.39, 0.29) is 5.78 Å². The Labute approximate surface area is 113 Å². The fourth-order valence-corrected chi connectivity index (χ4v) is 2.15. The molecule has 0 unspecified atom stereocenters. The van der Waals surface area contributed by atoms with Crippen molar-refractivity contribution >= 4 is 5.78 Å². The molecule has 0 N–H and O–H groups in total. The Morgan fingerprint density at radius 3 is 2.68 bits per heavy atom. The quantitative estimate of drug-likeness (QED) is 0.749. The summed E-state index contributed by atoms with van der Waals surface area (Å²) in [5.74, 6) is 0.00963. The average Bonchev–Trinajstić information content (AvgIpc) is 3.00. The highest BCUT2D eigenvalue weighted by Gasteiger charge is 2.13. The van der Waals surface area contributed by atoms with E-state index in [0.717, 1.165) is 18.5 Å². The highest BCUT2D eigenvalue weighted by Crippen LogP contribution is 2.15. The molecule has 5 nitrogen and oxygen atoms in total. The van der Waals surface area contributed by atoms with Crippen molar-refractivity contribution in [1.82, 2.24) is 19.3 Å². The van der Waals surface area contributed by atoms with Crippen LogP contribution in [0.25, 0.3) is 0 Å². The molecule has 0 spiro atoms. The molecule has 0 saturated carbocycles. The van der Waals surface area contributed by atoms with Crippen LogP contribution in [0.2, 0.25) is 0 Å². The maximum Gasteiger partial charge on any atom is 0.188 e. The molecule has 0 aliphatic heterocycles. The summed E-state index contributed by atoms with van der Waals surface area (Å²) in [6.45, 7) is 4.29. The minimum atomic E-state index is 0.00963. The molecule has 102 valence electrons. The molecule has 0 aliphatic carbocycles. The number of hydrogen-bond acceptors (Lipinski definition) is 3. The Morgan fingerprint density at radius 1 is 1.37 bits per heavy atom. The lowest BCUT2D eigenvalue weighted by Gasteiger charge is -2.12. The molecule has 0 bridgehead atoms. The molecule has 0 atom stereocenters. The molecule has 19 heavy (non-hydrogen) atoms. The minimum absolute atomic E-state index is 0.00963. The highest BCUT2D eigenvalue weighted by molar-refractivity contribution is 5.95. The lowest BCUT2D eigenvalue weighted by Crippen LogP contribution is -2.09. The van der Waals surface area contributed by atoms with Gasteiger partial charge in [0.2, 0.25) is 0 Å². The van der Waals surface area contributed by atoms with Crippen molar-refractivity contribution in [1.29, 1.82) is 0 Å². The summed E-state index contributed by atoms with van der Waals surface area (Å²) in [4.78, 5) is 16.1. The summed E-state index contributed by atoms with van der Waals surface area (Å²) in [5, 5.41) is 4.49. The van der Waals surface area contributed by atoms with Crippen molar-refractivity contribution in [3.05, 3.63) is 36.2 Å². The van der Waals surface area contributed by atoms with Gasteiger partial charge in [0.05, 0.1) is 24.5 Å². The normalized spacial score (nSPS) is 11.2. The van der Waals surface area contributed by atoms with Gasteiger partial charge >= 0.3 is 0 Å². The number of carbonyl (C=O) groups is 1. The lowest BCUT2D eigenvalue weighted by atomic mass is 10.2. The first kappa shape index (κ1) is 13.5. The van der Waals surface area contributed by atoms with E-state index in [1.165, 1.54) is 0 Å². The Balaban J connectivity index is 2.06. The minimum Gasteiger partial charge on any atom is -0.340 e. The van der Waals surface area contributed by atoms with Crippen LogP contribution in [0.15, 0.2) is 24.8 Å². The predicted octanol–water partition coefficient (Wildman–Crippen LogP) is 2.40. The smallest absolute Gasteiger partial charge is 0.188 e. The van der Waals surface area contributed by atoms with Gasteiger partial charge in [-0.25, -0.2) is 4.98 Å². The number of ketones is 1. The number of nitrogens with zero attached hydrogens (tertiary/aromatic N) is 4. The fraction of sp³-hybridized carbons (Fsp3) is 0.500. The number of aromatic nitrogens is 4. The van der Waals surface area contributed by atoms with E-state index in [9.17, 15) is 4.79 Å². The summed E-state index contributed by atoms with van der Waals surface area (Å²) >= 11 is 0. The second-order valence-electron chi connectivity index (χ2n) is 4.78. The molecule has 0 radical (unpaired) electrons. The van der Waals surface area contributed by atoms with E-state index in [1.54, 1.807) is 17.1 Å². The first-order valence-electron chi connectivity index (χ1n) is 6.69. The fourth-order valence-electron chi connectivity index (χ4n) is 2.15. The number of carbonyl (C=O) groups excluding carboxylic acids is 1. The molecule has 2 heterocycles. The van der Waals surface area contributed by atoms with Crippen molar-refractivity contribution in [3.8, 4) is 0 Å². The third-order valence-corrected chi connectivity index (χ3v) is 3.31. The average molecular weight is 260 g/mol. The van der Waals surface area contributed by atoms with Crippen LogP contribution in [0.5, 0.6) is 0 Å². The molecule has 2 aromatic rings. The summed E-state index contributed by atoms with van der Waals surface area (Å²) in [6.07, 6.45) is 7.73. The first-order valence-corrected chi connectivity index (χ1v) is 6.69. The summed E-state index contributed by atoms with van der Waals surface area (Å²) in [6, 6.07) is 2.33. The van der Waals surface area contributed by atoms with Gasteiger partial charge in [-0.2, -0.15) is 5.10 Å². The number of aryl methyl sites for hydroxylation is 1. The zero-order valence-corrected chi connectivity index (χ0v) is 11.7. The molecule has 5 heteroatoms. The molecule has 0 aromatic carbocycles. The number of Topliss-reactive ketones (excluding diaryl/α,β-unsaturated/α-hetero) is 1. The van der Waals surface area contributed by atoms with Crippen molar-refractivity contribution < 1.29 is 4.79 Å². The summed E-state index contributed by atoms with van der Waals surface area (Å²) < 4.78 is 3.73.